The molecule has 0 spiro atoms. The second-order valence-corrected chi connectivity index (χ2v) is 6.42. The zero-order chi connectivity index (χ0) is 19.4. The summed E-state index contributed by atoms with van der Waals surface area (Å²) in [6.45, 7) is 3.05. The number of fused-ring (bicyclic) bond motifs is 1. The third kappa shape index (κ3) is 4.00. The van der Waals surface area contributed by atoms with Crippen LogP contribution < -0.4 is 21.7 Å². The van der Waals surface area contributed by atoms with Gasteiger partial charge in [0.15, 0.2) is 0 Å². The first-order valence-electron chi connectivity index (χ1n) is 8.60. The fourth-order valence-corrected chi connectivity index (χ4v) is 3.01. The van der Waals surface area contributed by atoms with E-state index < -0.39 is 0 Å². The molecule has 1 aliphatic heterocycles. The highest BCUT2D eigenvalue weighted by atomic mass is 16.5. The van der Waals surface area contributed by atoms with Gasteiger partial charge in [0.05, 0.1) is 12.2 Å². The minimum absolute atomic E-state index is 0.244. The Hall–Kier alpha value is -3.15. The number of ether oxygens (including phenoxy) is 1. The van der Waals surface area contributed by atoms with E-state index in [4.69, 9.17) is 10.5 Å². The molecule has 1 amide bonds. The molecular weight excluding hydrogens is 344 g/mol. The molecule has 0 saturated heterocycles. The molecule has 1 aromatic carbocycles. The molecule has 5 N–H and O–H groups in total. The summed E-state index contributed by atoms with van der Waals surface area (Å²) in [5.74, 6) is 0.564. The van der Waals surface area contributed by atoms with E-state index in [0.717, 1.165) is 11.3 Å². The Kier molecular flexibility index (Phi) is 5.54. The van der Waals surface area contributed by atoms with Gasteiger partial charge in [-0.3, -0.25) is 4.79 Å². The molecule has 0 fully saturated rings. The lowest BCUT2D eigenvalue weighted by Crippen LogP contribution is -2.33. The number of hydrogen-bond donors (Lipinski definition) is 4. The minimum Gasteiger partial charge on any atom is -0.383 e. The highest BCUT2D eigenvalue weighted by molar-refractivity contribution is 6.04. The van der Waals surface area contributed by atoms with E-state index in [1.165, 1.54) is 0 Å². The summed E-state index contributed by atoms with van der Waals surface area (Å²) in [5, 5.41) is 18.7. The van der Waals surface area contributed by atoms with Gasteiger partial charge in [-0.2, -0.15) is 5.26 Å². The maximum absolute atomic E-state index is 12.3. The van der Waals surface area contributed by atoms with Crippen LogP contribution in [0.1, 0.15) is 27.0 Å². The first kappa shape index (κ1) is 18.6. The van der Waals surface area contributed by atoms with Crippen molar-refractivity contribution in [3.8, 4) is 6.07 Å². The van der Waals surface area contributed by atoms with Crippen molar-refractivity contribution in [3.05, 3.63) is 46.5 Å². The average molecular weight is 366 g/mol. The maximum atomic E-state index is 12.3. The number of hydrogen-bond acceptors (Lipinski definition) is 7. The number of benzene rings is 1. The van der Waals surface area contributed by atoms with E-state index in [1.807, 2.05) is 31.2 Å². The van der Waals surface area contributed by atoms with Crippen molar-refractivity contribution < 1.29 is 9.53 Å². The van der Waals surface area contributed by atoms with Crippen molar-refractivity contribution >= 4 is 23.2 Å². The van der Waals surface area contributed by atoms with Gasteiger partial charge in [-0.15, -0.1) is 0 Å². The highest BCUT2D eigenvalue weighted by Gasteiger charge is 2.29. The molecule has 27 heavy (non-hydrogen) atoms. The molecule has 0 radical (unpaired) electrons. The van der Waals surface area contributed by atoms with Crippen molar-refractivity contribution in [3.63, 3.8) is 0 Å². The number of methoxy groups -OCH3 is 1. The van der Waals surface area contributed by atoms with Crippen LogP contribution in [0.15, 0.2) is 24.3 Å². The number of aryl methyl sites for hydroxylation is 1. The van der Waals surface area contributed by atoms with Crippen LogP contribution in [0.5, 0.6) is 0 Å². The van der Waals surface area contributed by atoms with E-state index in [2.05, 4.69) is 27.0 Å². The van der Waals surface area contributed by atoms with Gasteiger partial charge in [-0.1, -0.05) is 12.1 Å². The Morgan fingerprint density at radius 3 is 2.96 bits per heavy atom. The van der Waals surface area contributed by atoms with Gasteiger partial charge in [0.2, 0.25) is 0 Å². The van der Waals surface area contributed by atoms with E-state index in [0.29, 0.717) is 48.0 Å². The quantitative estimate of drug-likeness (QED) is 0.587. The number of amides is 1. The summed E-state index contributed by atoms with van der Waals surface area (Å²) in [7, 11) is 1.58. The molecule has 1 unspecified atom stereocenters. The van der Waals surface area contributed by atoms with Crippen LogP contribution in [0, 0.1) is 18.3 Å². The van der Waals surface area contributed by atoms with E-state index >= 15 is 0 Å². The molecule has 3 rings (SSSR count). The maximum Gasteiger partial charge on any atom is 0.255 e. The van der Waals surface area contributed by atoms with E-state index in [-0.39, 0.29) is 11.9 Å². The number of nitrogens with one attached hydrogen (secondary N) is 3. The molecule has 2 aromatic rings. The van der Waals surface area contributed by atoms with Crippen LogP contribution in [0.3, 0.4) is 0 Å². The third-order valence-corrected chi connectivity index (χ3v) is 4.26. The number of nitrogens with two attached hydrogens (primary N) is 1. The minimum atomic E-state index is -0.246. The highest BCUT2D eigenvalue weighted by Crippen LogP contribution is 2.32. The standard InChI is InChI=1S/C19H22N6O2/c1-11-4-3-5-13(6-11)24-18-16-15(9-23-19(16)26)14(7-20)17(25-18)22-8-12(21)10-27-2/h3-6,12H,8-10,21H2,1-2H3,(H,23,26)(H2,22,24,25). The third-order valence-electron chi connectivity index (χ3n) is 4.26. The monoisotopic (exact) mass is 366 g/mol. The molecule has 1 aromatic heterocycles. The number of aromatic nitrogens is 1. The van der Waals surface area contributed by atoms with Gasteiger partial charge in [0, 0.05) is 37.5 Å². The average Bonchev–Trinajstić information content (AvgIpc) is 3.02. The summed E-state index contributed by atoms with van der Waals surface area (Å²) in [6.07, 6.45) is 0. The SMILES string of the molecule is COCC(N)CNc1nc(Nc2cccc(C)c2)c2c(c1C#N)CNC2=O. The molecule has 8 heteroatoms. The molecule has 0 bridgehead atoms. The zero-order valence-corrected chi connectivity index (χ0v) is 15.3. The lowest BCUT2D eigenvalue weighted by Gasteiger charge is -2.17. The number of carbonyl (C=O) groups is 1. The summed E-state index contributed by atoms with van der Waals surface area (Å²) in [6, 6.07) is 9.67. The van der Waals surface area contributed by atoms with E-state index in [1.54, 1.807) is 7.11 Å². The molecule has 0 saturated carbocycles. The largest absolute Gasteiger partial charge is 0.383 e. The summed E-state index contributed by atoms with van der Waals surface area (Å²) >= 11 is 0. The van der Waals surface area contributed by atoms with Gasteiger partial charge in [-0.05, 0) is 24.6 Å². The van der Waals surface area contributed by atoms with Crippen molar-refractivity contribution in [1.29, 1.82) is 5.26 Å². The van der Waals surface area contributed by atoms with Gasteiger partial charge in [0.25, 0.3) is 5.91 Å². The molecular formula is C19H22N6O2. The Morgan fingerprint density at radius 1 is 1.44 bits per heavy atom. The number of rotatable bonds is 7. The second kappa shape index (κ2) is 8.03. The van der Waals surface area contributed by atoms with Crippen molar-refractivity contribution in [2.45, 2.75) is 19.5 Å². The van der Waals surface area contributed by atoms with Crippen molar-refractivity contribution in [2.75, 3.05) is 30.9 Å². The van der Waals surface area contributed by atoms with Crippen LogP contribution in [0.2, 0.25) is 0 Å². The van der Waals surface area contributed by atoms with Crippen molar-refractivity contribution in [1.82, 2.24) is 10.3 Å². The Morgan fingerprint density at radius 2 is 2.26 bits per heavy atom. The molecule has 140 valence electrons. The predicted octanol–water partition coefficient (Wildman–Crippen LogP) is 1.63. The summed E-state index contributed by atoms with van der Waals surface area (Å²) < 4.78 is 5.03. The van der Waals surface area contributed by atoms with Crippen LogP contribution in [-0.4, -0.2) is 37.2 Å². The molecule has 1 aliphatic rings. The van der Waals surface area contributed by atoms with Crippen LogP contribution >= 0.6 is 0 Å². The smallest absolute Gasteiger partial charge is 0.255 e. The second-order valence-electron chi connectivity index (χ2n) is 6.42. The van der Waals surface area contributed by atoms with Crippen LogP contribution in [0.4, 0.5) is 17.3 Å². The fraction of sp³-hybridized carbons (Fsp3) is 0.316. The first-order chi connectivity index (χ1) is 13.0. The first-order valence-corrected chi connectivity index (χ1v) is 8.60. The van der Waals surface area contributed by atoms with Gasteiger partial charge >= 0.3 is 0 Å². The van der Waals surface area contributed by atoms with Gasteiger partial charge < -0.3 is 26.4 Å². The van der Waals surface area contributed by atoms with Gasteiger partial charge in [-0.25, -0.2) is 4.98 Å². The molecule has 2 heterocycles. The number of pyridine rings is 1. The molecule has 8 nitrogen and oxygen atoms in total. The number of nitriles is 1. The van der Waals surface area contributed by atoms with E-state index in [9.17, 15) is 10.1 Å². The molecule has 1 atom stereocenters. The number of nitrogens with zero attached hydrogens (tertiary/aromatic N) is 2. The zero-order valence-electron chi connectivity index (χ0n) is 15.3. The lowest BCUT2D eigenvalue weighted by molar-refractivity contribution is 0.0966. The summed E-state index contributed by atoms with van der Waals surface area (Å²) in [4.78, 5) is 16.8. The van der Waals surface area contributed by atoms with Crippen LogP contribution in [0.25, 0.3) is 0 Å². The predicted molar refractivity (Wildman–Crippen MR) is 103 cm³/mol. The number of anilines is 3. The Balaban J connectivity index is 1.99. The lowest BCUT2D eigenvalue weighted by atomic mass is 10.0. The topological polar surface area (TPSA) is 125 Å². The normalized spacial score (nSPS) is 13.5. The summed E-state index contributed by atoms with van der Waals surface area (Å²) in [5.41, 5.74) is 9.24. The number of carbonyl (C=O) groups excluding carboxylic acids is 1. The molecule has 0 aliphatic carbocycles. The van der Waals surface area contributed by atoms with Crippen molar-refractivity contribution in [2.24, 2.45) is 5.73 Å². The van der Waals surface area contributed by atoms with Gasteiger partial charge in [0.1, 0.15) is 23.3 Å². The Labute approximate surface area is 157 Å². The Bertz CT molecular complexity index is 906. The fourth-order valence-electron chi connectivity index (χ4n) is 3.01. The van der Waals surface area contributed by atoms with Crippen LogP contribution in [-0.2, 0) is 11.3 Å².